The van der Waals surface area contributed by atoms with Crippen molar-refractivity contribution in [3.8, 4) is 0 Å². The minimum atomic E-state index is 0.700. The maximum Gasteiger partial charge on any atom is 0.0925 e. The molecule has 0 atom stereocenters. The molecule has 0 unspecified atom stereocenters. The first-order valence-corrected chi connectivity index (χ1v) is 5.52. The smallest absolute Gasteiger partial charge is 0.0925 e. The summed E-state index contributed by atoms with van der Waals surface area (Å²) in [5.41, 5.74) is 0.700. The molecule has 0 aromatic carbocycles. The second-order valence-corrected chi connectivity index (χ2v) is 4.78. The zero-order chi connectivity index (χ0) is 9.31. The molecule has 1 aliphatic heterocycles. The normalized spacial score (nSPS) is 26.7. The fourth-order valence-electron chi connectivity index (χ4n) is 2.94. The Morgan fingerprint density at radius 2 is 1.62 bits per heavy atom. The molecule has 1 N–H and O–H groups in total. The third-order valence-electron chi connectivity index (χ3n) is 3.96. The summed E-state index contributed by atoms with van der Waals surface area (Å²) in [6, 6.07) is 0. The zero-order valence-corrected chi connectivity index (χ0v) is 8.60. The largest absolute Gasteiger partial charge is 0.361 e. The molecule has 13 heavy (non-hydrogen) atoms. The molecule has 1 saturated carbocycles. The quantitative estimate of drug-likeness (QED) is 0.450. The van der Waals surface area contributed by atoms with Crippen LogP contribution in [0.5, 0.6) is 0 Å². The summed E-state index contributed by atoms with van der Waals surface area (Å²) in [7, 11) is 0. The predicted molar refractivity (Wildman–Crippen MR) is 55.1 cm³/mol. The van der Waals surface area contributed by atoms with Crippen molar-refractivity contribution in [2.24, 2.45) is 5.41 Å². The van der Waals surface area contributed by atoms with Gasteiger partial charge in [-0.15, -0.1) is 0 Å². The lowest BCUT2D eigenvalue weighted by Crippen LogP contribution is -2.40. The van der Waals surface area contributed by atoms with Crippen LogP contribution in [-0.2, 0) is 0 Å². The van der Waals surface area contributed by atoms with Gasteiger partial charge in [-0.05, 0) is 38.0 Å². The van der Waals surface area contributed by atoms with Gasteiger partial charge in [0.05, 0.1) is 5.84 Å². The average molecular weight is 180 g/mol. The molecule has 2 heteroatoms. The highest BCUT2D eigenvalue weighted by Gasteiger charge is 2.36. The SMILES string of the molecule is CC(=N)N1CCC2(CCCC2)CC1. The molecule has 2 aliphatic rings. The molecule has 74 valence electrons. The molecule has 2 fully saturated rings. The third-order valence-corrected chi connectivity index (χ3v) is 3.96. The van der Waals surface area contributed by atoms with E-state index in [0.717, 1.165) is 18.9 Å². The van der Waals surface area contributed by atoms with Crippen molar-refractivity contribution >= 4 is 5.84 Å². The van der Waals surface area contributed by atoms with Crippen molar-refractivity contribution in [1.82, 2.24) is 4.90 Å². The van der Waals surface area contributed by atoms with Gasteiger partial charge >= 0.3 is 0 Å². The van der Waals surface area contributed by atoms with E-state index in [0.29, 0.717) is 5.41 Å². The monoisotopic (exact) mass is 180 g/mol. The van der Waals surface area contributed by atoms with Gasteiger partial charge < -0.3 is 4.90 Å². The van der Waals surface area contributed by atoms with Gasteiger partial charge in [-0.2, -0.15) is 0 Å². The first-order chi connectivity index (χ1) is 6.22. The van der Waals surface area contributed by atoms with Crippen LogP contribution in [0.3, 0.4) is 0 Å². The Bertz CT molecular complexity index is 194. The average Bonchev–Trinajstić information content (AvgIpc) is 2.54. The summed E-state index contributed by atoms with van der Waals surface area (Å²) in [6.45, 7) is 4.18. The maximum atomic E-state index is 7.57. The minimum Gasteiger partial charge on any atom is -0.361 e. The van der Waals surface area contributed by atoms with Crippen molar-refractivity contribution in [3.05, 3.63) is 0 Å². The van der Waals surface area contributed by atoms with E-state index in [1.807, 2.05) is 6.92 Å². The highest BCUT2D eigenvalue weighted by molar-refractivity contribution is 5.76. The molecular formula is C11H20N2. The van der Waals surface area contributed by atoms with Crippen LogP contribution in [0.4, 0.5) is 0 Å². The van der Waals surface area contributed by atoms with E-state index in [1.165, 1.54) is 38.5 Å². The second-order valence-electron chi connectivity index (χ2n) is 4.78. The minimum absolute atomic E-state index is 0.700. The number of likely N-dealkylation sites (tertiary alicyclic amines) is 1. The maximum absolute atomic E-state index is 7.57. The van der Waals surface area contributed by atoms with E-state index in [1.54, 1.807) is 0 Å². The predicted octanol–water partition coefficient (Wildman–Crippen LogP) is 2.64. The summed E-state index contributed by atoms with van der Waals surface area (Å²) >= 11 is 0. The van der Waals surface area contributed by atoms with E-state index >= 15 is 0 Å². The van der Waals surface area contributed by atoms with Crippen molar-refractivity contribution in [3.63, 3.8) is 0 Å². The van der Waals surface area contributed by atoms with Crippen LogP contribution >= 0.6 is 0 Å². The molecule has 2 nitrogen and oxygen atoms in total. The van der Waals surface area contributed by atoms with Crippen LogP contribution in [0, 0.1) is 10.8 Å². The van der Waals surface area contributed by atoms with E-state index in [-0.39, 0.29) is 0 Å². The number of rotatable bonds is 0. The van der Waals surface area contributed by atoms with Gasteiger partial charge in [-0.1, -0.05) is 12.8 Å². The van der Waals surface area contributed by atoms with E-state index in [4.69, 9.17) is 5.41 Å². The lowest BCUT2D eigenvalue weighted by Gasteiger charge is -2.39. The highest BCUT2D eigenvalue weighted by atomic mass is 15.2. The molecule has 1 saturated heterocycles. The van der Waals surface area contributed by atoms with Gasteiger partial charge in [-0.25, -0.2) is 0 Å². The van der Waals surface area contributed by atoms with Gasteiger partial charge in [0.2, 0.25) is 0 Å². The van der Waals surface area contributed by atoms with E-state index < -0.39 is 0 Å². The molecule has 0 bridgehead atoms. The standard InChI is InChI=1S/C11H20N2/c1-10(12)13-8-6-11(7-9-13)4-2-3-5-11/h12H,2-9H2,1H3. The summed E-state index contributed by atoms with van der Waals surface area (Å²) in [5, 5.41) is 7.57. The van der Waals surface area contributed by atoms with Crippen LogP contribution in [0.15, 0.2) is 0 Å². The van der Waals surface area contributed by atoms with E-state index in [2.05, 4.69) is 4.90 Å². The first kappa shape index (κ1) is 9.04. The van der Waals surface area contributed by atoms with Crippen molar-refractivity contribution < 1.29 is 0 Å². The fraction of sp³-hybridized carbons (Fsp3) is 0.909. The first-order valence-electron chi connectivity index (χ1n) is 5.52. The Hall–Kier alpha value is -0.530. The Balaban J connectivity index is 1.91. The number of nitrogens with zero attached hydrogens (tertiary/aromatic N) is 1. The summed E-state index contributed by atoms with van der Waals surface area (Å²) in [4.78, 5) is 2.23. The van der Waals surface area contributed by atoms with Crippen LogP contribution in [0.25, 0.3) is 0 Å². The van der Waals surface area contributed by atoms with Crippen molar-refractivity contribution in [2.75, 3.05) is 13.1 Å². The van der Waals surface area contributed by atoms with Gasteiger partial charge in [-0.3, -0.25) is 5.41 Å². The topological polar surface area (TPSA) is 27.1 Å². The molecule has 0 radical (unpaired) electrons. The lowest BCUT2D eigenvalue weighted by atomic mass is 9.77. The summed E-state index contributed by atoms with van der Waals surface area (Å²) < 4.78 is 0. The van der Waals surface area contributed by atoms with Gasteiger partial charge in [0.1, 0.15) is 0 Å². The molecule has 2 rings (SSSR count). The van der Waals surface area contributed by atoms with Crippen LogP contribution < -0.4 is 0 Å². The lowest BCUT2D eigenvalue weighted by molar-refractivity contribution is 0.153. The highest BCUT2D eigenvalue weighted by Crippen LogP contribution is 2.45. The number of nitrogens with one attached hydrogen (secondary N) is 1. The van der Waals surface area contributed by atoms with Crippen LogP contribution in [0.2, 0.25) is 0 Å². The molecule has 1 spiro atoms. The molecule has 0 aromatic heterocycles. The molecule has 0 amide bonds. The van der Waals surface area contributed by atoms with Crippen LogP contribution in [-0.4, -0.2) is 23.8 Å². The van der Waals surface area contributed by atoms with Crippen molar-refractivity contribution in [2.45, 2.75) is 45.4 Å². The summed E-state index contributed by atoms with van der Waals surface area (Å²) in [6.07, 6.45) is 8.48. The number of amidine groups is 1. The Morgan fingerprint density at radius 3 is 2.08 bits per heavy atom. The van der Waals surface area contributed by atoms with Gasteiger partial charge in [0.25, 0.3) is 0 Å². The van der Waals surface area contributed by atoms with E-state index in [9.17, 15) is 0 Å². The number of piperidine rings is 1. The Morgan fingerprint density at radius 1 is 1.08 bits per heavy atom. The Labute approximate surface area is 80.8 Å². The van der Waals surface area contributed by atoms with Crippen LogP contribution in [0.1, 0.15) is 45.4 Å². The third kappa shape index (κ3) is 1.72. The number of hydrogen-bond acceptors (Lipinski definition) is 1. The number of hydrogen-bond donors (Lipinski definition) is 1. The summed E-state index contributed by atoms with van der Waals surface area (Å²) in [5.74, 6) is 0.757. The van der Waals surface area contributed by atoms with Gasteiger partial charge in [0, 0.05) is 13.1 Å². The molecular weight excluding hydrogens is 160 g/mol. The second kappa shape index (κ2) is 3.32. The van der Waals surface area contributed by atoms with Gasteiger partial charge in [0.15, 0.2) is 0 Å². The zero-order valence-electron chi connectivity index (χ0n) is 8.60. The van der Waals surface area contributed by atoms with Crippen molar-refractivity contribution in [1.29, 1.82) is 5.41 Å². The molecule has 1 heterocycles. The molecule has 1 aliphatic carbocycles. The fourth-order valence-corrected chi connectivity index (χ4v) is 2.94. The Kier molecular flexibility index (Phi) is 2.31. The molecule has 0 aromatic rings.